The molecule has 0 saturated carbocycles. The first kappa shape index (κ1) is 11.5. The van der Waals surface area contributed by atoms with Crippen molar-refractivity contribution in [3.63, 3.8) is 0 Å². The van der Waals surface area contributed by atoms with Crippen molar-refractivity contribution < 1.29 is 4.79 Å². The summed E-state index contributed by atoms with van der Waals surface area (Å²) >= 11 is 0. The maximum atomic E-state index is 11.2. The average molecular weight is 214 g/mol. The van der Waals surface area contributed by atoms with Crippen LogP contribution in [0.15, 0.2) is 24.3 Å². The minimum absolute atomic E-state index is 0.0135. The van der Waals surface area contributed by atoms with Crippen molar-refractivity contribution in [3.8, 4) is 12.1 Å². The molecule has 16 heavy (non-hydrogen) atoms. The second-order valence-corrected chi connectivity index (χ2v) is 2.95. The van der Waals surface area contributed by atoms with Crippen LogP contribution in [0.25, 0.3) is 0 Å². The molecule has 0 aromatic heterocycles. The molecule has 0 aliphatic heterocycles. The van der Waals surface area contributed by atoms with Crippen molar-refractivity contribution in [3.05, 3.63) is 29.8 Å². The predicted molar refractivity (Wildman–Crippen MR) is 58.3 cm³/mol. The molecule has 1 amide bonds. The van der Waals surface area contributed by atoms with E-state index in [4.69, 9.17) is 10.5 Å². The molecule has 5 heteroatoms. The summed E-state index contributed by atoms with van der Waals surface area (Å²) in [7, 11) is 0. The average Bonchev–Trinajstić information content (AvgIpc) is 2.34. The Morgan fingerprint density at radius 3 is 2.75 bits per heavy atom. The first-order valence-electron chi connectivity index (χ1n) is 4.64. The van der Waals surface area contributed by atoms with Gasteiger partial charge in [0, 0.05) is 0 Å². The fraction of sp³-hybridized carbons (Fsp3) is 0.182. The number of rotatable bonds is 4. The molecule has 0 aliphatic carbocycles. The summed E-state index contributed by atoms with van der Waals surface area (Å²) in [6.07, 6.45) is 0. The first-order chi connectivity index (χ1) is 7.77. The lowest BCUT2D eigenvalue weighted by molar-refractivity contribution is -0.119. The number of amides is 1. The highest BCUT2D eigenvalue weighted by atomic mass is 16.1. The van der Waals surface area contributed by atoms with E-state index in [0.29, 0.717) is 11.3 Å². The number of hydrogen-bond donors (Lipinski definition) is 2. The third-order valence-electron chi connectivity index (χ3n) is 1.85. The number of anilines is 1. The summed E-state index contributed by atoms with van der Waals surface area (Å²) in [5, 5.41) is 22.3. The standard InChI is InChI=1S/C11H10N4O/c12-5-6-14-11(16)8-15-10-4-2-1-3-9(10)7-13/h1-4,15H,6,8H2,(H,14,16). The molecule has 1 rings (SSSR count). The monoisotopic (exact) mass is 214 g/mol. The van der Waals surface area contributed by atoms with E-state index in [1.807, 2.05) is 12.1 Å². The van der Waals surface area contributed by atoms with Crippen LogP contribution in [0.5, 0.6) is 0 Å². The van der Waals surface area contributed by atoms with Gasteiger partial charge in [0.1, 0.15) is 12.6 Å². The maximum absolute atomic E-state index is 11.2. The van der Waals surface area contributed by atoms with E-state index in [1.165, 1.54) is 0 Å². The van der Waals surface area contributed by atoms with Gasteiger partial charge in [-0.25, -0.2) is 0 Å². The number of nitrogens with one attached hydrogen (secondary N) is 2. The Morgan fingerprint density at radius 2 is 2.06 bits per heavy atom. The van der Waals surface area contributed by atoms with Crippen LogP contribution in [0.2, 0.25) is 0 Å². The number of hydrogen-bond acceptors (Lipinski definition) is 4. The van der Waals surface area contributed by atoms with Crippen molar-refractivity contribution in [1.82, 2.24) is 5.32 Å². The molecule has 0 fully saturated rings. The van der Waals surface area contributed by atoms with Gasteiger partial charge in [0.15, 0.2) is 0 Å². The molecule has 2 N–H and O–H groups in total. The molecule has 80 valence electrons. The number of benzene rings is 1. The summed E-state index contributed by atoms with van der Waals surface area (Å²) in [5.41, 5.74) is 1.09. The molecule has 0 saturated heterocycles. The third kappa shape index (κ3) is 3.32. The van der Waals surface area contributed by atoms with Crippen LogP contribution in [0.4, 0.5) is 5.69 Å². The second-order valence-electron chi connectivity index (χ2n) is 2.95. The van der Waals surface area contributed by atoms with Crippen molar-refractivity contribution in [2.45, 2.75) is 0 Å². The largest absolute Gasteiger partial charge is 0.375 e. The number of carbonyl (C=O) groups is 1. The van der Waals surface area contributed by atoms with Gasteiger partial charge in [0.2, 0.25) is 5.91 Å². The summed E-state index contributed by atoms with van der Waals surface area (Å²) in [5.74, 6) is -0.283. The van der Waals surface area contributed by atoms with Crippen LogP contribution in [-0.4, -0.2) is 19.0 Å². The normalized spacial score (nSPS) is 8.62. The zero-order valence-corrected chi connectivity index (χ0v) is 8.53. The highest BCUT2D eigenvalue weighted by Crippen LogP contribution is 2.12. The van der Waals surface area contributed by atoms with Gasteiger partial charge in [-0.3, -0.25) is 4.79 Å². The minimum atomic E-state index is -0.283. The Labute approximate surface area is 93.3 Å². The molecule has 0 unspecified atom stereocenters. The van der Waals surface area contributed by atoms with Gasteiger partial charge in [-0.15, -0.1) is 0 Å². The van der Waals surface area contributed by atoms with E-state index in [2.05, 4.69) is 10.6 Å². The van der Waals surface area contributed by atoms with Gasteiger partial charge in [0.25, 0.3) is 0 Å². The fourth-order valence-electron chi connectivity index (χ4n) is 1.11. The Balaban J connectivity index is 2.52. The molecular formula is C11H10N4O. The van der Waals surface area contributed by atoms with E-state index in [1.54, 1.807) is 24.3 Å². The van der Waals surface area contributed by atoms with Gasteiger partial charge in [0.05, 0.1) is 23.9 Å². The van der Waals surface area contributed by atoms with E-state index in [-0.39, 0.29) is 19.0 Å². The van der Waals surface area contributed by atoms with E-state index < -0.39 is 0 Å². The number of nitrogens with zero attached hydrogens (tertiary/aromatic N) is 2. The van der Waals surface area contributed by atoms with E-state index in [9.17, 15) is 4.79 Å². The Bertz CT molecular complexity index is 456. The number of para-hydroxylation sites is 1. The molecule has 1 aromatic carbocycles. The lowest BCUT2D eigenvalue weighted by Crippen LogP contribution is -2.30. The molecule has 5 nitrogen and oxygen atoms in total. The van der Waals surface area contributed by atoms with Gasteiger partial charge in [-0.05, 0) is 12.1 Å². The van der Waals surface area contributed by atoms with Gasteiger partial charge < -0.3 is 10.6 Å². The Morgan fingerprint density at radius 1 is 1.31 bits per heavy atom. The SMILES string of the molecule is N#CCNC(=O)CNc1ccccc1C#N. The van der Waals surface area contributed by atoms with Crippen LogP contribution in [0.3, 0.4) is 0 Å². The molecular weight excluding hydrogens is 204 g/mol. The number of carbonyl (C=O) groups excluding carboxylic acids is 1. The van der Waals surface area contributed by atoms with Crippen LogP contribution in [0.1, 0.15) is 5.56 Å². The quantitative estimate of drug-likeness (QED) is 0.718. The van der Waals surface area contributed by atoms with E-state index in [0.717, 1.165) is 0 Å². The second kappa shape index (κ2) is 6.05. The smallest absolute Gasteiger partial charge is 0.240 e. The molecule has 0 radical (unpaired) electrons. The van der Waals surface area contributed by atoms with Gasteiger partial charge in [-0.2, -0.15) is 10.5 Å². The highest BCUT2D eigenvalue weighted by molar-refractivity contribution is 5.81. The minimum Gasteiger partial charge on any atom is -0.375 e. The summed E-state index contributed by atoms with van der Waals surface area (Å²) in [4.78, 5) is 11.2. The molecule has 0 heterocycles. The Kier molecular flexibility index (Phi) is 4.36. The predicted octanol–water partition coefficient (Wildman–Crippen LogP) is 0.610. The van der Waals surface area contributed by atoms with Crippen LogP contribution < -0.4 is 10.6 Å². The lowest BCUT2D eigenvalue weighted by Gasteiger charge is -2.06. The van der Waals surface area contributed by atoms with E-state index >= 15 is 0 Å². The third-order valence-corrected chi connectivity index (χ3v) is 1.85. The summed E-state index contributed by atoms with van der Waals surface area (Å²) in [6.45, 7) is 0.0286. The maximum Gasteiger partial charge on any atom is 0.240 e. The van der Waals surface area contributed by atoms with Crippen molar-refractivity contribution in [2.24, 2.45) is 0 Å². The van der Waals surface area contributed by atoms with Crippen LogP contribution >= 0.6 is 0 Å². The zero-order chi connectivity index (χ0) is 11.8. The Hall–Kier alpha value is -2.53. The van der Waals surface area contributed by atoms with Crippen molar-refractivity contribution >= 4 is 11.6 Å². The molecule has 0 spiro atoms. The fourth-order valence-corrected chi connectivity index (χ4v) is 1.11. The summed E-state index contributed by atoms with van der Waals surface area (Å²) in [6, 6.07) is 10.7. The van der Waals surface area contributed by atoms with Gasteiger partial charge in [-0.1, -0.05) is 12.1 Å². The number of nitriles is 2. The van der Waals surface area contributed by atoms with Gasteiger partial charge >= 0.3 is 0 Å². The molecule has 1 aromatic rings. The molecule has 0 atom stereocenters. The topological polar surface area (TPSA) is 88.7 Å². The van der Waals surface area contributed by atoms with Crippen LogP contribution in [0, 0.1) is 22.7 Å². The first-order valence-corrected chi connectivity index (χ1v) is 4.64. The highest BCUT2D eigenvalue weighted by Gasteiger charge is 2.03. The molecule has 0 aliphatic rings. The van der Waals surface area contributed by atoms with Crippen LogP contribution in [-0.2, 0) is 4.79 Å². The summed E-state index contributed by atoms with van der Waals surface area (Å²) < 4.78 is 0. The van der Waals surface area contributed by atoms with Crippen molar-refractivity contribution in [1.29, 1.82) is 10.5 Å². The van der Waals surface area contributed by atoms with Crippen molar-refractivity contribution in [2.75, 3.05) is 18.4 Å². The lowest BCUT2D eigenvalue weighted by atomic mass is 10.2. The molecule has 0 bridgehead atoms. The zero-order valence-electron chi connectivity index (χ0n) is 8.53.